The molecule has 12 heavy (non-hydrogen) atoms. The maximum Gasteiger partial charge on any atom is 0.569 e. The van der Waals surface area contributed by atoms with Crippen molar-refractivity contribution in [2.75, 3.05) is 0 Å². The lowest BCUT2D eigenvalue weighted by Crippen LogP contribution is -1.99. The topological polar surface area (TPSA) is 29.5 Å². The minimum absolute atomic E-state index is 0.695. The van der Waals surface area contributed by atoms with Crippen LogP contribution in [0.15, 0.2) is 29.0 Å². The van der Waals surface area contributed by atoms with Crippen molar-refractivity contribution in [3.8, 4) is 16.9 Å². The second-order valence-electron chi connectivity index (χ2n) is 2.35. The molecule has 0 atom stereocenters. The molecule has 0 amide bonds. The van der Waals surface area contributed by atoms with Gasteiger partial charge in [0.1, 0.15) is 5.75 Å². The Morgan fingerprint density at radius 3 is 3.08 bits per heavy atom. The van der Waals surface area contributed by atoms with Gasteiger partial charge in [0, 0.05) is 5.56 Å². The van der Waals surface area contributed by atoms with Crippen LogP contribution in [0.3, 0.4) is 0 Å². The highest BCUT2D eigenvalue weighted by Gasteiger charge is 2.08. The van der Waals surface area contributed by atoms with Crippen molar-refractivity contribution in [1.29, 1.82) is 0 Å². The van der Waals surface area contributed by atoms with Gasteiger partial charge in [-0.25, -0.2) is 0 Å². The summed E-state index contributed by atoms with van der Waals surface area (Å²) in [6, 6.07) is 5.77. The molecule has 0 unspecified atom stereocenters. The molecular weight excluding hydrogens is 171 g/mol. The Labute approximate surface area is 75.1 Å². The van der Waals surface area contributed by atoms with E-state index in [9.17, 15) is 0 Å². The first-order valence-corrected chi connectivity index (χ1v) is 4.43. The molecule has 59 valence electrons. The van der Waals surface area contributed by atoms with E-state index >= 15 is 0 Å². The summed E-state index contributed by atoms with van der Waals surface area (Å²) in [5.41, 5.74) is 2.17. The Morgan fingerprint density at radius 1 is 1.33 bits per heavy atom. The van der Waals surface area contributed by atoms with Crippen LogP contribution < -0.4 is 4.65 Å². The van der Waals surface area contributed by atoms with Gasteiger partial charge in [0.15, 0.2) is 0 Å². The van der Waals surface area contributed by atoms with Crippen molar-refractivity contribution in [2.45, 2.75) is 0 Å². The van der Waals surface area contributed by atoms with E-state index in [1.807, 2.05) is 29.0 Å². The van der Waals surface area contributed by atoms with Crippen LogP contribution in [0, 0.1) is 0 Å². The van der Waals surface area contributed by atoms with Crippen LogP contribution in [0.5, 0.6) is 5.75 Å². The summed E-state index contributed by atoms with van der Waals surface area (Å²) in [4.78, 5) is 0. The first kappa shape index (κ1) is 7.64. The number of hydrogen-bond acceptors (Lipinski definition) is 3. The fourth-order valence-electron chi connectivity index (χ4n) is 1.15. The molecule has 2 rings (SSSR count). The molecule has 0 bridgehead atoms. The summed E-state index contributed by atoms with van der Waals surface area (Å²) in [7, 11) is 0.700. The van der Waals surface area contributed by atoms with Gasteiger partial charge >= 0.3 is 7.69 Å². The van der Waals surface area contributed by atoms with E-state index in [1.165, 1.54) is 0 Å². The van der Waals surface area contributed by atoms with Crippen LogP contribution in [0.1, 0.15) is 0 Å². The van der Waals surface area contributed by atoms with Crippen molar-refractivity contribution >= 4 is 19.0 Å². The molecular formula is C8H6BO2S. The third-order valence-electron chi connectivity index (χ3n) is 1.68. The summed E-state index contributed by atoms with van der Waals surface area (Å²) >= 11 is 1.64. The van der Waals surface area contributed by atoms with Crippen molar-refractivity contribution in [1.82, 2.24) is 0 Å². The monoisotopic (exact) mass is 177 g/mol. The van der Waals surface area contributed by atoms with Crippen LogP contribution >= 0.6 is 11.3 Å². The fraction of sp³-hybridized carbons (Fsp3) is 0. The highest BCUT2D eigenvalue weighted by Crippen LogP contribution is 2.34. The van der Waals surface area contributed by atoms with Gasteiger partial charge < -0.3 is 9.68 Å². The molecule has 1 heterocycles. The smallest absolute Gasteiger partial charge is 0.537 e. The number of fused-ring (bicyclic) bond motifs is 1. The van der Waals surface area contributed by atoms with Gasteiger partial charge in [-0.1, -0.05) is 0 Å². The van der Waals surface area contributed by atoms with Gasteiger partial charge in [-0.2, -0.15) is 11.3 Å². The van der Waals surface area contributed by atoms with E-state index in [4.69, 9.17) is 9.68 Å². The lowest BCUT2D eigenvalue weighted by molar-refractivity contribution is 0.455. The minimum Gasteiger partial charge on any atom is -0.537 e. The molecule has 0 fully saturated rings. The normalized spacial score (nSPS) is 10.1. The van der Waals surface area contributed by atoms with Crippen molar-refractivity contribution in [3.05, 3.63) is 29.0 Å². The van der Waals surface area contributed by atoms with Crippen LogP contribution in [-0.2, 0) is 0 Å². The average molecular weight is 177 g/mol. The Morgan fingerprint density at radius 2 is 2.25 bits per heavy atom. The highest BCUT2D eigenvalue weighted by atomic mass is 32.1. The SMILES string of the molecule is O[B]Oc1ccc2csccc1-2. The van der Waals surface area contributed by atoms with Crippen molar-refractivity contribution in [3.63, 3.8) is 0 Å². The van der Waals surface area contributed by atoms with E-state index in [0.717, 1.165) is 11.1 Å². The van der Waals surface area contributed by atoms with E-state index in [-0.39, 0.29) is 0 Å². The quantitative estimate of drug-likeness (QED) is 0.708. The van der Waals surface area contributed by atoms with Gasteiger partial charge in [-0.3, -0.25) is 0 Å². The summed E-state index contributed by atoms with van der Waals surface area (Å²) in [6.07, 6.45) is 0. The van der Waals surface area contributed by atoms with Gasteiger partial charge in [0.2, 0.25) is 0 Å². The van der Waals surface area contributed by atoms with Gasteiger partial charge in [0.25, 0.3) is 0 Å². The van der Waals surface area contributed by atoms with Crippen LogP contribution in [-0.4, -0.2) is 12.7 Å². The Bertz CT molecular complexity index is 347. The van der Waals surface area contributed by atoms with Crippen LogP contribution in [0.4, 0.5) is 0 Å². The lowest BCUT2D eigenvalue weighted by atomic mass is 10.2. The minimum atomic E-state index is 0.695. The molecule has 1 radical (unpaired) electrons. The van der Waals surface area contributed by atoms with Gasteiger partial charge in [-0.05, 0) is 34.5 Å². The zero-order valence-corrected chi connectivity index (χ0v) is 7.04. The molecule has 0 aromatic rings. The first-order chi connectivity index (χ1) is 5.92. The van der Waals surface area contributed by atoms with Crippen LogP contribution in [0.25, 0.3) is 11.1 Å². The fourth-order valence-corrected chi connectivity index (χ4v) is 1.79. The Kier molecular flexibility index (Phi) is 2.02. The van der Waals surface area contributed by atoms with Crippen molar-refractivity contribution < 1.29 is 9.68 Å². The van der Waals surface area contributed by atoms with Crippen molar-refractivity contribution in [2.24, 2.45) is 0 Å². The number of hydrogen-bond donors (Lipinski definition) is 1. The number of rotatable bonds is 2. The van der Waals surface area contributed by atoms with Crippen LogP contribution in [0.2, 0.25) is 0 Å². The second-order valence-corrected chi connectivity index (χ2v) is 3.13. The molecule has 0 saturated carbocycles. The largest absolute Gasteiger partial charge is 0.569 e. The molecule has 1 aliphatic carbocycles. The van der Waals surface area contributed by atoms with E-state index in [0.29, 0.717) is 13.4 Å². The summed E-state index contributed by atoms with van der Waals surface area (Å²) in [6.45, 7) is 0. The van der Waals surface area contributed by atoms with Gasteiger partial charge in [-0.15, -0.1) is 0 Å². The molecule has 4 heteroatoms. The average Bonchev–Trinajstić information content (AvgIpc) is 2.50. The van der Waals surface area contributed by atoms with Gasteiger partial charge in [0.05, 0.1) is 0 Å². The zero-order chi connectivity index (χ0) is 8.39. The predicted molar refractivity (Wildman–Crippen MR) is 49.5 cm³/mol. The maximum absolute atomic E-state index is 8.45. The summed E-state index contributed by atoms with van der Waals surface area (Å²) in [5, 5.41) is 12.5. The highest BCUT2D eigenvalue weighted by molar-refractivity contribution is 7.07. The molecule has 2 nitrogen and oxygen atoms in total. The predicted octanol–water partition coefficient (Wildman–Crippen LogP) is 1.76. The summed E-state index contributed by atoms with van der Waals surface area (Å²) in [5.74, 6) is 0.695. The molecule has 0 saturated heterocycles. The molecule has 0 spiro atoms. The van der Waals surface area contributed by atoms with E-state index in [1.54, 1.807) is 11.3 Å². The molecule has 0 aromatic carbocycles. The standard InChI is InChI=1S/C8H6BO2S/c10-9-11-8-2-1-6-5-12-4-3-7(6)8/h1-5,10H. The van der Waals surface area contributed by atoms with E-state index < -0.39 is 0 Å². The van der Waals surface area contributed by atoms with E-state index in [2.05, 4.69) is 0 Å². The summed E-state index contributed by atoms with van der Waals surface area (Å²) < 4.78 is 4.89. The molecule has 1 aliphatic heterocycles. The molecule has 1 N–H and O–H groups in total. The Balaban J connectivity index is 2.45. The second kappa shape index (κ2) is 3.17. The third kappa shape index (κ3) is 1.19. The zero-order valence-electron chi connectivity index (χ0n) is 6.23. The molecule has 0 aromatic heterocycles. The maximum atomic E-state index is 8.45. The lowest BCUT2D eigenvalue weighted by Gasteiger charge is -2.01. The molecule has 2 aliphatic rings. The third-order valence-corrected chi connectivity index (χ3v) is 2.36. The first-order valence-electron chi connectivity index (χ1n) is 3.49. The Hall–Kier alpha value is -0.995.